The topological polar surface area (TPSA) is 49.4 Å². The molecular weight excluding hydrogens is 300 g/mol. The Kier molecular flexibility index (Phi) is 5.54. The number of nitrogens with zero attached hydrogens (tertiary/aromatic N) is 1. The van der Waals surface area contributed by atoms with Crippen molar-refractivity contribution in [3.8, 4) is 0 Å². The standard InChI is InChI=1S/C20H28N2O2/c1-15-14-22(17-10-6-3-7-11-17)20(24)18(15)12-19(23)21-13-16-8-4-2-5-9-16/h2,4-5,8-9,15,17-18H,3,6-7,10-14H2,1H3,(H,21,23)/t15-,18+/m1/s1. The van der Waals surface area contributed by atoms with E-state index in [0.29, 0.717) is 19.0 Å². The Balaban J connectivity index is 1.52. The zero-order chi connectivity index (χ0) is 16.9. The molecule has 1 saturated carbocycles. The Morgan fingerprint density at radius 2 is 1.88 bits per heavy atom. The molecule has 4 nitrogen and oxygen atoms in total. The van der Waals surface area contributed by atoms with Crippen molar-refractivity contribution in [2.45, 2.75) is 58.0 Å². The molecule has 0 radical (unpaired) electrons. The lowest BCUT2D eigenvalue weighted by Gasteiger charge is -2.31. The summed E-state index contributed by atoms with van der Waals surface area (Å²) in [6.45, 7) is 3.46. The van der Waals surface area contributed by atoms with Crippen molar-refractivity contribution in [2.24, 2.45) is 11.8 Å². The third-order valence-corrected chi connectivity index (χ3v) is 5.53. The first-order valence-electron chi connectivity index (χ1n) is 9.26. The van der Waals surface area contributed by atoms with Crippen molar-refractivity contribution < 1.29 is 9.59 Å². The number of carbonyl (C=O) groups excluding carboxylic acids is 2. The number of nitrogens with one attached hydrogen (secondary N) is 1. The van der Waals surface area contributed by atoms with Gasteiger partial charge in [-0.25, -0.2) is 0 Å². The fraction of sp³-hybridized carbons (Fsp3) is 0.600. The van der Waals surface area contributed by atoms with Crippen LogP contribution in [0.3, 0.4) is 0 Å². The van der Waals surface area contributed by atoms with E-state index in [1.807, 2.05) is 30.3 Å². The summed E-state index contributed by atoms with van der Waals surface area (Å²) >= 11 is 0. The van der Waals surface area contributed by atoms with Gasteiger partial charge in [0.15, 0.2) is 0 Å². The molecule has 3 rings (SSSR count). The first-order chi connectivity index (χ1) is 11.6. The van der Waals surface area contributed by atoms with Crippen LogP contribution >= 0.6 is 0 Å². The predicted octanol–water partition coefficient (Wildman–Crippen LogP) is 3.12. The first kappa shape index (κ1) is 17.0. The van der Waals surface area contributed by atoms with Crippen LogP contribution in [0, 0.1) is 11.8 Å². The summed E-state index contributed by atoms with van der Waals surface area (Å²) in [5.74, 6) is 0.295. The van der Waals surface area contributed by atoms with E-state index in [0.717, 1.165) is 24.9 Å². The van der Waals surface area contributed by atoms with Gasteiger partial charge in [0.2, 0.25) is 11.8 Å². The molecule has 0 bridgehead atoms. The van der Waals surface area contributed by atoms with Crippen LogP contribution in [-0.2, 0) is 16.1 Å². The molecule has 2 aliphatic rings. The lowest BCUT2D eigenvalue weighted by Crippen LogP contribution is -2.39. The summed E-state index contributed by atoms with van der Waals surface area (Å²) in [5, 5.41) is 2.95. The van der Waals surface area contributed by atoms with Crippen molar-refractivity contribution >= 4 is 11.8 Å². The van der Waals surface area contributed by atoms with Gasteiger partial charge in [-0.3, -0.25) is 9.59 Å². The summed E-state index contributed by atoms with van der Waals surface area (Å²) < 4.78 is 0. The van der Waals surface area contributed by atoms with Crippen molar-refractivity contribution in [1.82, 2.24) is 10.2 Å². The van der Waals surface area contributed by atoms with Crippen LogP contribution in [0.4, 0.5) is 0 Å². The predicted molar refractivity (Wildman–Crippen MR) is 94.1 cm³/mol. The van der Waals surface area contributed by atoms with E-state index in [2.05, 4.69) is 17.1 Å². The lowest BCUT2D eigenvalue weighted by atomic mass is 9.93. The molecule has 1 heterocycles. The number of hydrogen-bond donors (Lipinski definition) is 1. The molecule has 1 saturated heterocycles. The Morgan fingerprint density at radius 3 is 2.58 bits per heavy atom. The molecule has 0 spiro atoms. The van der Waals surface area contributed by atoms with Crippen LogP contribution in [-0.4, -0.2) is 29.3 Å². The van der Waals surface area contributed by atoms with E-state index < -0.39 is 0 Å². The molecule has 1 aromatic carbocycles. The van der Waals surface area contributed by atoms with Gasteiger partial charge >= 0.3 is 0 Å². The second-order valence-electron chi connectivity index (χ2n) is 7.33. The minimum Gasteiger partial charge on any atom is -0.352 e. The fourth-order valence-corrected chi connectivity index (χ4v) is 4.06. The molecule has 2 fully saturated rings. The Hall–Kier alpha value is -1.84. The van der Waals surface area contributed by atoms with Crippen LogP contribution in [0.2, 0.25) is 0 Å². The summed E-state index contributed by atoms with van der Waals surface area (Å²) in [5.41, 5.74) is 1.08. The van der Waals surface area contributed by atoms with Gasteiger partial charge in [-0.15, -0.1) is 0 Å². The maximum absolute atomic E-state index is 12.8. The Labute approximate surface area is 144 Å². The Morgan fingerprint density at radius 1 is 1.17 bits per heavy atom. The molecule has 1 N–H and O–H groups in total. The second kappa shape index (κ2) is 7.82. The number of benzene rings is 1. The lowest BCUT2D eigenvalue weighted by molar-refractivity contribution is -0.136. The third-order valence-electron chi connectivity index (χ3n) is 5.53. The van der Waals surface area contributed by atoms with Crippen LogP contribution in [0.5, 0.6) is 0 Å². The molecule has 0 aromatic heterocycles. The van der Waals surface area contributed by atoms with E-state index in [1.165, 1.54) is 19.3 Å². The quantitative estimate of drug-likeness (QED) is 0.903. The molecule has 2 atom stereocenters. The molecule has 24 heavy (non-hydrogen) atoms. The minimum absolute atomic E-state index is 0.0189. The first-order valence-corrected chi connectivity index (χ1v) is 9.26. The third kappa shape index (κ3) is 3.97. The van der Waals surface area contributed by atoms with Gasteiger partial charge in [0.1, 0.15) is 0 Å². The van der Waals surface area contributed by atoms with Crippen LogP contribution < -0.4 is 5.32 Å². The molecule has 1 aromatic rings. The number of hydrogen-bond acceptors (Lipinski definition) is 2. The van der Waals surface area contributed by atoms with Crippen LogP contribution in [0.15, 0.2) is 30.3 Å². The molecule has 4 heteroatoms. The molecular formula is C20H28N2O2. The summed E-state index contributed by atoms with van der Waals surface area (Å²) in [7, 11) is 0. The van der Waals surface area contributed by atoms with Crippen LogP contribution in [0.1, 0.15) is 51.0 Å². The van der Waals surface area contributed by atoms with Crippen molar-refractivity contribution in [3.05, 3.63) is 35.9 Å². The highest BCUT2D eigenvalue weighted by Gasteiger charge is 2.41. The smallest absolute Gasteiger partial charge is 0.226 e. The Bertz CT molecular complexity index is 566. The van der Waals surface area contributed by atoms with Crippen LogP contribution in [0.25, 0.3) is 0 Å². The van der Waals surface area contributed by atoms with Gasteiger partial charge < -0.3 is 10.2 Å². The fourth-order valence-electron chi connectivity index (χ4n) is 4.06. The highest BCUT2D eigenvalue weighted by molar-refractivity contribution is 5.87. The van der Waals surface area contributed by atoms with Gasteiger partial charge in [0.25, 0.3) is 0 Å². The largest absolute Gasteiger partial charge is 0.352 e. The van der Waals surface area contributed by atoms with E-state index in [-0.39, 0.29) is 23.7 Å². The normalized spacial score (nSPS) is 25.0. The monoisotopic (exact) mass is 328 g/mol. The molecule has 2 amide bonds. The zero-order valence-corrected chi connectivity index (χ0v) is 14.5. The average molecular weight is 328 g/mol. The van der Waals surface area contributed by atoms with E-state index in [4.69, 9.17) is 0 Å². The van der Waals surface area contributed by atoms with Gasteiger partial charge in [-0.1, -0.05) is 56.5 Å². The van der Waals surface area contributed by atoms with Crippen molar-refractivity contribution in [3.63, 3.8) is 0 Å². The van der Waals surface area contributed by atoms with Gasteiger partial charge in [-0.05, 0) is 24.3 Å². The summed E-state index contributed by atoms with van der Waals surface area (Å²) in [6, 6.07) is 10.3. The van der Waals surface area contributed by atoms with Crippen molar-refractivity contribution in [1.29, 1.82) is 0 Å². The SMILES string of the molecule is C[C@@H]1CN(C2CCCCC2)C(=O)[C@H]1CC(=O)NCc1ccccc1. The van der Waals surface area contributed by atoms with E-state index >= 15 is 0 Å². The zero-order valence-electron chi connectivity index (χ0n) is 14.5. The van der Waals surface area contributed by atoms with Gasteiger partial charge in [0.05, 0.1) is 5.92 Å². The molecule has 130 valence electrons. The maximum atomic E-state index is 12.8. The van der Waals surface area contributed by atoms with E-state index in [9.17, 15) is 9.59 Å². The van der Waals surface area contributed by atoms with Gasteiger partial charge in [-0.2, -0.15) is 0 Å². The van der Waals surface area contributed by atoms with Crippen molar-refractivity contribution in [2.75, 3.05) is 6.54 Å². The number of likely N-dealkylation sites (tertiary alicyclic amines) is 1. The maximum Gasteiger partial charge on any atom is 0.226 e. The number of amides is 2. The number of rotatable bonds is 5. The molecule has 1 aliphatic carbocycles. The minimum atomic E-state index is -0.150. The molecule has 0 unspecified atom stereocenters. The highest BCUT2D eigenvalue weighted by atomic mass is 16.2. The summed E-state index contributed by atoms with van der Waals surface area (Å²) in [6.07, 6.45) is 6.32. The van der Waals surface area contributed by atoms with Gasteiger partial charge in [0, 0.05) is 25.6 Å². The molecule has 1 aliphatic heterocycles. The summed E-state index contributed by atoms with van der Waals surface area (Å²) in [4.78, 5) is 27.1. The number of carbonyl (C=O) groups is 2. The average Bonchev–Trinajstić information content (AvgIpc) is 2.90. The second-order valence-corrected chi connectivity index (χ2v) is 7.33. The van der Waals surface area contributed by atoms with E-state index in [1.54, 1.807) is 0 Å². The highest BCUT2D eigenvalue weighted by Crippen LogP contribution is 2.33.